The average Bonchev–Trinajstić information content (AvgIpc) is 3.11. The number of terminal acetylenes is 2. The molecule has 2 aliphatic carbocycles. The second kappa shape index (κ2) is 6.54. The Morgan fingerprint density at radius 1 is 1.20 bits per heavy atom. The van der Waals surface area contributed by atoms with E-state index in [0.717, 1.165) is 47.3 Å². The molecule has 1 aromatic carbocycles. The molecule has 1 unspecified atom stereocenters. The molecule has 1 aromatic rings. The van der Waals surface area contributed by atoms with E-state index in [4.69, 9.17) is 18.6 Å². The Morgan fingerprint density at radius 3 is 2.52 bits per heavy atom. The molecular weight excluding hydrogens is 302 g/mol. The van der Waals surface area contributed by atoms with Crippen LogP contribution in [0.3, 0.4) is 0 Å². The SMILES string of the molecule is C#CC1=C(/C=C\CC)C2(CCc3ccccc32)C(/C=C(\C)N)=C1C#C. The number of rotatable bonds is 3. The smallest absolute Gasteiger partial charge is 0.0483 e. The first-order valence-corrected chi connectivity index (χ1v) is 8.72. The van der Waals surface area contributed by atoms with Gasteiger partial charge in [-0.25, -0.2) is 0 Å². The minimum atomic E-state index is -0.285. The molecule has 0 amide bonds. The fourth-order valence-electron chi connectivity index (χ4n) is 4.20. The molecule has 2 aliphatic rings. The van der Waals surface area contributed by atoms with Crippen LogP contribution in [0.1, 0.15) is 37.8 Å². The number of allylic oxidation sites excluding steroid dienone is 8. The summed E-state index contributed by atoms with van der Waals surface area (Å²) >= 11 is 0. The summed E-state index contributed by atoms with van der Waals surface area (Å²) in [6.07, 6.45) is 21.1. The molecule has 0 saturated carbocycles. The maximum absolute atomic E-state index is 6.06. The molecule has 3 rings (SSSR count). The van der Waals surface area contributed by atoms with Crippen molar-refractivity contribution >= 4 is 0 Å². The van der Waals surface area contributed by atoms with Gasteiger partial charge in [-0.3, -0.25) is 0 Å². The van der Waals surface area contributed by atoms with Crippen LogP contribution in [0.25, 0.3) is 0 Å². The molecular formula is C24H23N. The highest BCUT2D eigenvalue weighted by atomic mass is 14.6. The summed E-state index contributed by atoms with van der Waals surface area (Å²) in [5.41, 5.74) is 13.0. The van der Waals surface area contributed by atoms with Crippen molar-refractivity contribution in [3.63, 3.8) is 0 Å². The Labute approximate surface area is 151 Å². The van der Waals surface area contributed by atoms with Gasteiger partial charge in [0.05, 0.1) is 0 Å². The van der Waals surface area contributed by atoms with Gasteiger partial charge in [-0.05, 0) is 54.5 Å². The standard InChI is InChI=1S/C24H23N/c1-5-8-12-22-19(6-2)20(7-3)23(16-17(4)25)24(22)15-14-18-11-9-10-13-21(18)24/h2-3,8-13,16H,5,14-15,25H2,1,4H3/b12-8-,17-16+. The van der Waals surface area contributed by atoms with Crippen LogP contribution >= 0.6 is 0 Å². The fourth-order valence-corrected chi connectivity index (χ4v) is 4.20. The maximum Gasteiger partial charge on any atom is 0.0483 e. The normalized spacial score (nSPS) is 22.6. The van der Waals surface area contributed by atoms with Crippen molar-refractivity contribution in [3.05, 3.63) is 81.6 Å². The lowest BCUT2D eigenvalue weighted by molar-refractivity contribution is 0.615. The lowest BCUT2D eigenvalue weighted by Crippen LogP contribution is -2.25. The molecule has 0 bridgehead atoms. The third-order valence-electron chi connectivity index (χ3n) is 5.14. The molecule has 124 valence electrons. The maximum atomic E-state index is 6.06. The minimum absolute atomic E-state index is 0.285. The summed E-state index contributed by atoms with van der Waals surface area (Å²) < 4.78 is 0. The lowest BCUT2D eigenvalue weighted by atomic mass is 9.71. The molecule has 0 heterocycles. The molecule has 1 spiro atoms. The third-order valence-corrected chi connectivity index (χ3v) is 5.14. The minimum Gasteiger partial charge on any atom is -0.402 e. The zero-order valence-corrected chi connectivity index (χ0v) is 14.9. The Morgan fingerprint density at radius 2 is 1.88 bits per heavy atom. The van der Waals surface area contributed by atoms with E-state index in [1.165, 1.54) is 11.1 Å². The molecule has 0 fully saturated rings. The van der Waals surface area contributed by atoms with E-state index in [-0.39, 0.29) is 5.41 Å². The van der Waals surface area contributed by atoms with E-state index in [1.54, 1.807) is 0 Å². The van der Waals surface area contributed by atoms with Crippen molar-refractivity contribution in [1.29, 1.82) is 0 Å². The van der Waals surface area contributed by atoms with Crippen LogP contribution in [0.15, 0.2) is 70.5 Å². The first-order valence-electron chi connectivity index (χ1n) is 8.72. The van der Waals surface area contributed by atoms with E-state index >= 15 is 0 Å². The molecule has 25 heavy (non-hydrogen) atoms. The van der Waals surface area contributed by atoms with Gasteiger partial charge < -0.3 is 5.73 Å². The van der Waals surface area contributed by atoms with Crippen molar-refractivity contribution in [1.82, 2.24) is 0 Å². The fraction of sp³-hybridized carbons (Fsp3) is 0.250. The second-order valence-electron chi connectivity index (χ2n) is 6.63. The van der Waals surface area contributed by atoms with Crippen LogP contribution < -0.4 is 5.73 Å². The van der Waals surface area contributed by atoms with Crippen LogP contribution in [0.4, 0.5) is 0 Å². The number of hydrogen-bond acceptors (Lipinski definition) is 1. The predicted octanol–water partition coefficient (Wildman–Crippen LogP) is 4.57. The number of fused-ring (bicyclic) bond motifs is 2. The van der Waals surface area contributed by atoms with Gasteiger partial charge in [-0.2, -0.15) is 0 Å². The van der Waals surface area contributed by atoms with E-state index in [0.29, 0.717) is 0 Å². The highest BCUT2D eigenvalue weighted by Gasteiger charge is 2.49. The number of aryl methyl sites for hydroxylation is 1. The zero-order valence-electron chi connectivity index (χ0n) is 14.9. The van der Waals surface area contributed by atoms with E-state index in [9.17, 15) is 0 Å². The van der Waals surface area contributed by atoms with Crippen LogP contribution in [0.5, 0.6) is 0 Å². The zero-order chi connectivity index (χ0) is 18.0. The molecule has 0 aliphatic heterocycles. The average molecular weight is 325 g/mol. The monoisotopic (exact) mass is 325 g/mol. The first-order chi connectivity index (χ1) is 12.1. The molecule has 1 atom stereocenters. The van der Waals surface area contributed by atoms with Gasteiger partial charge >= 0.3 is 0 Å². The molecule has 0 radical (unpaired) electrons. The summed E-state index contributed by atoms with van der Waals surface area (Å²) in [4.78, 5) is 0. The van der Waals surface area contributed by atoms with Gasteiger partial charge in [0.1, 0.15) is 0 Å². The van der Waals surface area contributed by atoms with Crippen LogP contribution in [-0.2, 0) is 11.8 Å². The quantitative estimate of drug-likeness (QED) is 0.809. The van der Waals surface area contributed by atoms with E-state index < -0.39 is 0 Å². The van der Waals surface area contributed by atoms with Gasteiger partial charge in [0.2, 0.25) is 0 Å². The molecule has 0 aromatic heterocycles. The highest BCUT2D eigenvalue weighted by Crippen LogP contribution is 2.56. The summed E-state index contributed by atoms with van der Waals surface area (Å²) in [7, 11) is 0. The Balaban J connectivity index is 2.40. The van der Waals surface area contributed by atoms with E-state index in [1.807, 2.05) is 13.0 Å². The summed E-state index contributed by atoms with van der Waals surface area (Å²) in [6, 6.07) is 8.59. The van der Waals surface area contributed by atoms with Gasteiger partial charge in [0.15, 0.2) is 0 Å². The lowest BCUT2D eigenvalue weighted by Gasteiger charge is -2.31. The van der Waals surface area contributed by atoms with Crippen molar-refractivity contribution in [3.8, 4) is 24.7 Å². The van der Waals surface area contributed by atoms with Crippen LogP contribution in [0, 0.1) is 24.7 Å². The Kier molecular flexibility index (Phi) is 4.43. The topological polar surface area (TPSA) is 26.0 Å². The third kappa shape index (κ3) is 2.45. The largest absolute Gasteiger partial charge is 0.402 e. The van der Waals surface area contributed by atoms with Crippen molar-refractivity contribution in [2.24, 2.45) is 5.73 Å². The van der Waals surface area contributed by atoms with Gasteiger partial charge in [-0.1, -0.05) is 55.2 Å². The van der Waals surface area contributed by atoms with Gasteiger partial charge in [0.25, 0.3) is 0 Å². The van der Waals surface area contributed by atoms with Crippen LogP contribution in [-0.4, -0.2) is 0 Å². The van der Waals surface area contributed by atoms with Crippen molar-refractivity contribution in [2.45, 2.75) is 38.5 Å². The van der Waals surface area contributed by atoms with Crippen molar-refractivity contribution in [2.75, 3.05) is 0 Å². The highest BCUT2D eigenvalue weighted by molar-refractivity contribution is 5.77. The predicted molar refractivity (Wildman–Crippen MR) is 106 cm³/mol. The summed E-state index contributed by atoms with van der Waals surface area (Å²) in [5, 5.41) is 0. The molecule has 2 N–H and O–H groups in total. The van der Waals surface area contributed by atoms with Crippen molar-refractivity contribution < 1.29 is 0 Å². The number of benzene rings is 1. The molecule has 1 heteroatoms. The summed E-state index contributed by atoms with van der Waals surface area (Å²) in [6.45, 7) is 4.02. The Hall–Kier alpha value is -2.90. The van der Waals surface area contributed by atoms with E-state index in [2.05, 4.69) is 55.2 Å². The molecule has 1 nitrogen and oxygen atoms in total. The van der Waals surface area contributed by atoms with Gasteiger partial charge in [-0.15, -0.1) is 12.8 Å². The van der Waals surface area contributed by atoms with Gasteiger partial charge in [0, 0.05) is 22.3 Å². The second-order valence-corrected chi connectivity index (χ2v) is 6.63. The van der Waals surface area contributed by atoms with Crippen LogP contribution in [0.2, 0.25) is 0 Å². The Bertz CT molecular complexity index is 918. The number of hydrogen-bond donors (Lipinski definition) is 1. The number of nitrogens with two attached hydrogens (primary N) is 1. The first kappa shape index (κ1) is 16.9. The summed E-state index contributed by atoms with van der Waals surface area (Å²) in [5.74, 6) is 5.72. The molecule has 0 saturated heterocycles.